The lowest BCUT2D eigenvalue weighted by atomic mass is 10.2. The SMILES string of the molecule is COc1ccccc1C(=O)NCCN(Cc1ccccn1)S(C)(=O)=O. The summed E-state index contributed by atoms with van der Waals surface area (Å²) < 4.78 is 30.3. The predicted octanol–water partition coefficient (Wildman–Crippen LogP) is 1.28. The molecule has 134 valence electrons. The summed E-state index contributed by atoms with van der Waals surface area (Å²) in [6.45, 7) is 0.483. The number of amides is 1. The third kappa shape index (κ3) is 5.54. The number of carbonyl (C=O) groups excluding carboxylic acids is 1. The van der Waals surface area contributed by atoms with E-state index in [2.05, 4.69) is 10.3 Å². The van der Waals surface area contributed by atoms with E-state index in [1.54, 1.807) is 48.7 Å². The first-order valence-corrected chi connectivity index (χ1v) is 9.53. The van der Waals surface area contributed by atoms with Gasteiger partial charge in [-0.25, -0.2) is 8.42 Å². The lowest BCUT2D eigenvalue weighted by Gasteiger charge is -2.20. The smallest absolute Gasteiger partial charge is 0.255 e. The third-order valence-corrected chi connectivity index (χ3v) is 4.78. The van der Waals surface area contributed by atoms with Crippen LogP contribution in [0.15, 0.2) is 48.7 Å². The normalized spacial score (nSPS) is 11.3. The van der Waals surface area contributed by atoms with Crippen molar-refractivity contribution >= 4 is 15.9 Å². The third-order valence-electron chi connectivity index (χ3n) is 3.53. The van der Waals surface area contributed by atoms with E-state index in [1.807, 2.05) is 0 Å². The number of ether oxygens (including phenoxy) is 1. The molecule has 0 aliphatic carbocycles. The molecule has 0 bridgehead atoms. The van der Waals surface area contributed by atoms with Crippen LogP contribution in [0.4, 0.5) is 0 Å². The van der Waals surface area contributed by atoms with Gasteiger partial charge in [0, 0.05) is 19.3 Å². The van der Waals surface area contributed by atoms with Crippen molar-refractivity contribution in [3.05, 3.63) is 59.9 Å². The highest BCUT2D eigenvalue weighted by atomic mass is 32.2. The van der Waals surface area contributed by atoms with Gasteiger partial charge >= 0.3 is 0 Å². The number of sulfonamides is 1. The van der Waals surface area contributed by atoms with Crippen molar-refractivity contribution in [3.63, 3.8) is 0 Å². The number of benzene rings is 1. The van der Waals surface area contributed by atoms with Crippen LogP contribution in [0.1, 0.15) is 16.1 Å². The molecule has 2 aromatic rings. The highest BCUT2D eigenvalue weighted by Crippen LogP contribution is 2.16. The maximum absolute atomic E-state index is 12.2. The number of rotatable bonds is 8. The van der Waals surface area contributed by atoms with Crippen LogP contribution in [-0.2, 0) is 16.6 Å². The van der Waals surface area contributed by atoms with Gasteiger partial charge in [0.25, 0.3) is 5.91 Å². The number of hydrogen-bond donors (Lipinski definition) is 1. The predicted molar refractivity (Wildman–Crippen MR) is 94.8 cm³/mol. The van der Waals surface area contributed by atoms with Crippen molar-refractivity contribution in [1.82, 2.24) is 14.6 Å². The summed E-state index contributed by atoms with van der Waals surface area (Å²) >= 11 is 0. The Bertz CT molecular complexity index is 810. The number of hydrogen-bond acceptors (Lipinski definition) is 5. The van der Waals surface area contributed by atoms with E-state index in [-0.39, 0.29) is 25.5 Å². The zero-order valence-corrected chi connectivity index (χ0v) is 15.0. The highest BCUT2D eigenvalue weighted by Gasteiger charge is 2.18. The second-order valence-electron chi connectivity index (χ2n) is 5.37. The molecule has 7 nitrogen and oxygen atoms in total. The zero-order valence-electron chi connectivity index (χ0n) is 14.2. The van der Waals surface area contributed by atoms with Crippen LogP contribution in [0.3, 0.4) is 0 Å². The quantitative estimate of drug-likeness (QED) is 0.763. The number of pyridine rings is 1. The molecule has 1 aromatic heterocycles. The Balaban J connectivity index is 1.98. The molecule has 0 saturated heterocycles. The first-order chi connectivity index (χ1) is 11.9. The van der Waals surface area contributed by atoms with Gasteiger partial charge in [-0.05, 0) is 24.3 Å². The van der Waals surface area contributed by atoms with E-state index in [0.29, 0.717) is 17.0 Å². The van der Waals surface area contributed by atoms with Crippen molar-refractivity contribution < 1.29 is 17.9 Å². The fourth-order valence-electron chi connectivity index (χ4n) is 2.26. The molecule has 0 radical (unpaired) electrons. The Labute approximate surface area is 147 Å². The van der Waals surface area contributed by atoms with E-state index < -0.39 is 10.0 Å². The molecule has 0 atom stereocenters. The van der Waals surface area contributed by atoms with Crippen LogP contribution in [0, 0.1) is 0 Å². The molecular weight excluding hydrogens is 342 g/mol. The van der Waals surface area contributed by atoms with E-state index >= 15 is 0 Å². The van der Waals surface area contributed by atoms with E-state index in [9.17, 15) is 13.2 Å². The summed E-state index contributed by atoms with van der Waals surface area (Å²) in [6.07, 6.45) is 2.75. The second-order valence-corrected chi connectivity index (χ2v) is 7.36. The Hall–Kier alpha value is -2.45. The molecule has 0 saturated carbocycles. The van der Waals surface area contributed by atoms with E-state index in [1.165, 1.54) is 11.4 Å². The highest BCUT2D eigenvalue weighted by molar-refractivity contribution is 7.88. The minimum absolute atomic E-state index is 0.149. The number of nitrogens with zero attached hydrogens (tertiary/aromatic N) is 2. The van der Waals surface area contributed by atoms with Gasteiger partial charge in [-0.1, -0.05) is 18.2 Å². The van der Waals surface area contributed by atoms with Crippen molar-refractivity contribution in [2.45, 2.75) is 6.54 Å². The fourth-order valence-corrected chi connectivity index (χ4v) is 3.05. The molecule has 0 aliphatic rings. The molecule has 8 heteroatoms. The van der Waals surface area contributed by atoms with Gasteiger partial charge in [-0.3, -0.25) is 9.78 Å². The van der Waals surface area contributed by atoms with Gasteiger partial charge in [0.15, 0.2) is 0 Å². The van der Waals surface area contributed by atoms with Crippen LogP contribution in [0.2, 0.25) is 0 Å². The molecule has 0 fully saturated rings. The molecule has 0 spiro atoms. The summed E-state index contributed by atoms with van der Waals surface area (Å²) in [7, 11) is -1.93. The number of nitrogens with one attached hydrogen (secondary N) is 1. The summed E-state index contributed by atoms with van der Waals surface area (Å²) in [5.41, 5.74) is 1.05. The van der Waals surface area contributed by atoms with E-state index in [0.717, 1.165) is 6.26 Å². The molecular formula is C17H21N3O4S. The second kappa shape index (κ2) is 8.59. The lowest BCUT2D eigenvalue weighted by Crippen LogP contribution is -2.37. The maximum Gasteiger partial charge on any atom is 0.255 e. The van der Waals surface area contributed by atoms with Gasteiger partial charge in [0.1, 0.15) is 5.75 Å². The average molecular weight is 363 g/mol. The van der Waals surface area contributed by atoms with Crippen molar-refractivity contribution in [2.24, 2.45) is 0 Å². The van der Waals surface area contributed by atoms with Gasteiger partial charge in [0.2, 0.25) is 10.0 Å². The van der Waals surface area contributed by atoms with Gasteiger partial charge < -0.3 is 10.1 Å². The van der Waals surface area contributed by atoms with Gasteiger partial charge in [-0.15, -0.1) is 0 Å². The first kappa shape index (κ1) is 18.9. The average Bonchev–Trinajstić information content (AvgIpc) is 2.60. The summed E-state index contributed by atoms with van der Waals surface area (Å²) in [5, 5.41) is 2.72. The molecule has 1 heterocycles. The molecule has 25 heavy (non-hydrogen) atoms. The molecule has 1 N–H and O–H groups in total. The summed E-state index contributed by atoms with van der Waals surface area (Å²) in [5.74, 6) is 0.150. The maximum atomic E-state index is 12.2. The summed E-state index contributed by atoms with van der Waals surface area (Å²) in [6, 6.07) is 12.2. The molecule has 1 aromatic carbocycles. The summed E-state index contributed by atoms with van der Waals surface area (Å²) in [4.78, 5) is 16.4. The van der Waals surface area contributed by atoms with Crippen LogP contribution in [0.5, 0.6) is 5.75 Å². The minimum atomic E-state index is -3.42. The Morgan fingerprint density at radius 1 is 1.20 bits per heavy atom. The first-order valence-electron chi connectivity index (χ1n) is 7.68. The Kier molecular flexibility index (Phi) is 6.49. The number of methoxy groups -OCH3 is 1. The van der Waals surface area contributed by atoms with E-state index in [4.69, 9.17) is 4.74 Å². The van der Waals surface area contributed by atoms with Crippen LogP contribution in [0.25, 0.3) is 0 Å². The van der Waals surface area contributed by atoms with Crippen molar-refractivity contribution in [2.75, 3.05) is 26.5 Å². The molecule has 2 rings (SSSR count). The van der Waals surface area contributed by atoms with Crippen molar-refractivity contribution in [1.29, 1.82) is 0 Å². The van der Waals surface area contributed by atoms with Crippen LogP contribution in [-0.4, -0.2) is 50.1 Å². The Morgan fingerprint density at radius 2 is 1.92 bits per heavy atom. The molecule has 0 unspecified atom stereocenters. The number of aromatic nitrogens is 1. The topological polar surface area (TPSA) is 88.6 Å². The number of carbonyl (C=O) groups is 1. The largest absolute Gasteiger partial charge is 0.496 e. The zero-order chi connectivity index (χ0) is 18.3. The Morgan fingerprint density at radius 3 is 2.56 bits per heavy atom. The molecule has 0 aliphatic heterocycles. The van der Waals surface area contributed by atoms with Gasteiger partial charge in [-0.2, -0.15) is 4.31 Å². The van der Waals surface area contributed by atoms with Crippen LogP contribution < -0.4 is 10.1 Å². The molecule has 1 amide bonds. The standard InChI is InChI=1S/C17H21N3O4S/c1-24-16-9-4-3-8-15(16)17(21)19-11-12-20(25(2,22)23)13-14-7-5-6-10-18-14/h3-10H,11-13H2,1-2H3,(H,19,21). The minimum Gasteiger partial charge on any atom is -0.496 e. The number of para-hydroxylation sites is 1. The van der Waals surface area contributed by atoms with Gasteiger partial charge in [0.05, 0.1) is 31.2 Å². The van der Waals surface area contributed by atoms with Crippen molar-refractivity contribution in [3.8, 4) is 5.75 Å². The lowest BCUT2D eigenvalue weighted by molar-refractivity contribution is 0.0948. The fraction of sp³-hybridized carbons (Fsp3) is 0.294. The monoisotopic (exact) mass is 363 g/mol. The van der Waals surface area contributed by atoms with Crippen LogP contribution >= 0.6 is 0 Å².